The Hall–Kier alpha value is -2.57. The second-order valence-corrected chi connectivity index (χ2v) is 4.41. The summed E-state index contributed by atoms with van der Waals surface area (Å²) < 4.78 is 54.1. The van der Waals surface area contributed by atoms with E-state index in [-0.39, 0.29) is 17.9 Å². The largest absolute Gasteiger partial charge is 0.435 e. The molecule has 116 valence electrons. The minimum Gasteiger partial charge on any atom is -0.435 e. The van der Waals surface area contributed by atoms with Crippen molar-refractivity contribution in [3.63, 3.8) is 0 Å². The number of amides is 1. The highest BCUT2D eigenvalue weighted by molar-refractivity contribution is 5.92. The van der Waals surface area contributed by atoms with E-state index in [9.17, 15) is 22.4 Å². The average molecular weight is 313 g/mol. The van der Waals surface area contributed by atoms with Crippen molar-refractivity contribution in [2.45, 2.75) is 13.0 Å². The van der Waals surface area contributed by atoms with E-state index >= 15 is 0 Å². The molecule has 0 saturated carbocycles. The van der Waals surface area contributed by atoms with Crippen LogP contribution in [0.5, 0.6) is 5.75 Å². The predicted octanol–water partition coefficient (Wildman–Crippen LogP) is 3.75. The van der Waals surface area contributed by atoms with Crippen LogP contribution in [0.3, 0.4) is 0 Å². The first-order valence-corrected chi connectivity index (χ1v) is 6.22. The van der Waals surface area contributed by atoms with E-state index < -0.39 is 24.2 Å². The molecule has 0 heterocycles. The molecule has 0 saturated heterocycles. The van der Waals surface area contributed by atoms with Gasteiger partial charge in [-0.15, -0.1) is 0 Å². The SMILES string of the molecule is O=C(Cc1ccc(OC(F)F)cc1)Nc1cc(F)cc(F)c1. The van der Waals surface area contributed by atoms with Crippen LogP contribution in [0.4, 0.5) is 23.2 Å². The summed E-state index contributed by atoms with van der Waals surface area (Å²) in [7, 11) is 0. The Labute approximate surface area is 123 Å². The maximum Gasteiger partial charge on any atom is 0.387 e. The lowest BCUT2D eigenvalue weighted by atomic mass is 10.1. The normalized spacial score (nSPS) is 10.6. The Balaban J connectivity index is 1.96. The molecule has 22 heavy (non-hydrogen) atoms. The number of hydrogen-bond donors (Lipinski definition) is 1. The summed E-state index contributed by atoms with van der Waals surface area (Å²) in [5.74, 6) is -2.12. The first-order chi connectivity index (χ1) is 10.4. The number of carbonyl (C=O) groups excluding carboxylic acids is 1. The van der Waals surface area contributed by atoms with Gasteiger partial charge in [0.15, 0.2) is 0 Å². The fourth-order valence-corrected chi connectivity index (χ4v) is 1.81. The molecule has 2 aromatic carbocycles. The molecule has 7 heteroatoms. The van der Waals surface area contributed by atoms with Gasteiger partial charge >= 0.3 is 6.61 Å². The standard InChI is InChI=1S/C15H11F4NO2/c16-10-6-11(17)8-12(7-10)20-14(21)5-9-1-3-13(4-2-9)22-15(18)19/h1-4,6-8,15H,5H2,(H,20,21). The van der Waals surface area contributed by atoms with Gasteiger partial charge in [0, 0.05) is 11.8 Å². The number of halogens is 4. The van der Waals surface area contributed by atoms with Crippen molar-refractivity contribution in [1.29, 1.82) is 0 Å². The van der Waals surface area contributed by atoms with Crippen LogP contribution in [0, 0.1) is 11.6 Å². The Bertz CT molecular complexity index is 639. The van der Waals surface area contributed by atoms with Crippen molar-refractivity contribution in [2.24, 2.45) is 0 Å². The third kappa shape index (κ3) is 4.76. The van der Waals surface area contributed by atoms with Crippen molar-refractivity contribution in [3.8, 4) is 5.75 Å². The van der Waals surface area contributed by atoms with Gasteiger partial charge in [-0.2, -0.15) is 8.78 Å². The first-order valence-electron chi connectivity index (χ1n) is 6.22. The van der Waals surface area contributed by atoms with Gasteiger partial charge in [0.1, 0.15) is 17.4 Å². The molecule has 0 aliphatic heterocycles. The molecule has 0 radical (unpaired) electrons. The Morgan fingerprint density at radius 2 is 1.64 bits per heavy atom. The number of hydrogen-bond acceptors (Lipinski definition) is 2. The molecule has 0 bridgehead atoms. The molecular weight excluding hydrogens is 302 g/mol. The highest BCUT2D eigenvalue weighted by Crippen LogP contribution is 2.16. The quantitative estimate of drug-likeness (QED) is 0.854. The van der Waals surface area contributed by atoms with Crippen molar-refractivity contribution in [3.05, 3.63) is 59.7 Å². The van der Waals surface area contributed by atoms with Crippen molar-refractivity contribution >= 4 is 11.6 Å². The molecule has 0 aliphatic carbocycles. The molecular formula is C15H11F4NO2. The highest BCUT2D eigenvalue weighted by atomic mass is 19.3. The lowest BCUT2D eigenvalue weighted by Crippen LogP contribution is -2.14. The second-order valence-electron chi connectivity index (χ2n) is 4.41. The maximum atomic E-state index is 13.0. The minimum atomic E-state index is -2.92. The zero-order valence-corrected chi connectivity index (χ0v) is 11.2. The molecule has 2 aromatic rings. The van der Waals surface area contributed by atoms with Gasteiger partial charge in [-0.25, -0.2) is 8.78 Å². The maximum absolute atomic E-state index is 13.0. The van der Waals surface area contributed by atoms with Crippen molar-refractivity contribution in [1.82, 2.24) is 0 Å². The van der Waals surface area contributed by atoms with Crippen LogP contribution in [0.25, 0.3) is 0 Å². The number of alkyl halides is 2. The average Bonchev–Trinajstić information content (AvgIpc) is 2.39. The van der Waals surface area contributed by atoms with E-state index in [4.69, 9.17) is 0 Å². The molecule has 0 atom stereocenters. The molecule has 0 aromatic heterocycles. The molecule has 2 rings (SSSR count). The third-order valence-corrected chi connectivity index (χ3v) is 2.66. The summed E-state index contributed by atoms with van der Waals surface area (Å²) in [6.07, 6.45) is -0.0763. The summed E-state index contributed by atoms with van der Waals surface area (Å²) in [5, 5.41) is 2.35. The van der Waals surface area contributed by atoms with Gasteiger partial charge in [0.2, 0.25) is 5.91 Å². The summed E-state index contributed by atoms with van der Waals surface area (Å²) in [5.41, 5.74) is 0.538. The van der Waals surface area contributed by atoms with E-state index in [0.29, 0.717) is 11.6 Å². The fourth-order valence-electron chi connectivity index (χ4n) is 1.81. The van der Waals surface area contributed by atoms with Crippen LogP contribution in [-0.4, -0.2) is 12.5 Å². The van der Waals surface area contributed by atoms with E-state index in [2.05, 4.69) is 10.1 Å². The zero-order valence-electron chi connectivity index (χ0n) is 11.2. The van der Waals surface area contributed by atoms with Crippen LogP contribution < -0.4 is 10.1 Å². The Morgan fingerprint density at radius 3 is 2.18 bits per heavy atom. The number of ether oxygens (including phenoxy) is 1. The smallest absolute Gasteiger partial charge is 0.387 e. The molecule has 0 fully saturated rings. The van der Waals surface area contributed by atoms with Crippen LogP contribution in [0.15, 0.2) is 42.5 Å². The second kappa shape index (κ2) is 6.93. The predicted molar refractivity (Wildman–Crippen MR) is 71.8 cm³/mol. The summed E-state index contributed by atoms with van der Waals surface area (Å²) >= 11 is 0. The Kier molecular flexibility index (Phi) is 4.98. The van der Waals surface area contributed by atoms with Gasteiger partial charge in [-0.3, -0.25) is 4.79 Å². The molecule has 3 nitrogen and oxygen atoms in total. The highest BCUT2D eigenvalue weighted by Gasteiger charge is 2.08. The van der Waals surface area contributed by atoms with Gasteiger partial charge < -0.3 is 10.1 Å². The van der Waals surface area contributed by atoms with E-state index in [1.54, 1.807) is 0 Å². The molecule has 1 N–H and O–H groups in total. The van der Waals surface area contributed by atoms with Gasteiger partial charge in [0.05, 0.1) is 6.42 Å². The first kappa shape index (κ1) is 15.8. The lowest BCUT2D eigenvalue weighted by molar-refractivity contribution is -0.115. The van der Waals surface area contributed by atoms with Crippen LogP contribution in [0.2, 0.25) is 0 Å². The topological polar surface area (TPSA) is 38.3 Å². The van der Waals surface area contributed by atoms with E-state index in [1.807, 2.05) is 0 Å². The molecule has 0 spiro atoms. The lowest BCUT2D eigenvalue weighted by Gasteiger charge is -2.07. The summed E-state index contributed by atoms with van der Waals surface area (Å²) in [6, 6.07) is 8.17. The molecule has 1 amide bonds. The Morgan fingerprint density at radius 1 is 1.05 bits per heavy atom. The van der Waals surface area contributed by atoms with Crippen molar-refractivity contribution < 1.29 is 27.1 Å². The monoisotopic (exact) mass is 313 g/mol. The summed E-state index contributed by atoms with van der Waals surface area (Å²) in [6.45, 7) is -2.92. The number of rotatable bonds is 5. The molecule has 0 unspecified atom stereocenters. The van der Waals surface area contributed by atoms with Crippen LogP contribution in [0.1, 0.15) is 5.56 Å². The number of nitrogens with one attached hydrogen (secondary N) is 1. The van der Waals surface area contributed by atoms with Crippen LogP contribution in [-0.2, 0) is 11.2 Å². The van der Waals surface area contributed by atoms with Gasteiger partial charge in [-0.05, 0) is 29.8 Å². The van der Waals surface area contributed by atoms with E-state index in [0.717, 1.165) is 12.1 Å². The van der Waals surface area contributed by atoms with Crippen molar-refractivity contribution in [2.75, 3.05) is 5.32 Å². The van der Waals surface area contributed by atoms with Crippen LogP contribution >= 0.6 is 0 Å². The van der Waals surface area contributed by atoms with E-state index in [1.165, 1.54) is 24.3 Å². The number of carbonyl (C=O) groups is 1. The zero-order chi connectivity index (χ0) is 16.1. The summed E-state index contributed by atoms with van der Waals surface area (Å²) in [4.78, 5) is 11.8. The fraction of sp³-hybridized carbons (Fsp3) is 0.133. The van der Waals surface area contributed by atoms with Gasteiger partial charge in [-0.1, -0.05) is 12.1 Å². The number of benzene rings is 2. The third-order valence-electron chi connectivity index (χ3n) is 2.66. The number of anilines is 1. The van der Waals surface area contributed by atoms with Gasteiger partial charge in [0.25, 0.3) is 0 Å². The molecule has 0 aliphatic rings. The minimum absolute atomic E-state index is 0.000142.